The summed E-state index contributed by atoms with van der Waals surface area (Å²) in [5.41, 5.74) is 8.18. The van der Waals surface area contributed by atoms with Crippen molar-refractivity contribution in [3.8, 4) is 0 Å². The topological polar surface area (TPSA) is 119 Å². The number of hydrogen-bond acceptors (Lipinski definition) is 8. The normalized spacial score (nSPS) is 16.2. The lowest BCUT2D eigenvalue weighted by molar-refractivity contribution is -0.122. The van der Waals surface area contributed by atoms with Crippen molar-refractivity contribution >= 4 is 74.4 Å². The van der Waals surface area contributed by atoms with Crippen molar-refractivity contribution in [3.63, 3.8) is 0 Å². The number of amides is 3. The predicted octanol–water partition coefficient (Wildman–Crippen LogP) is 4.13. The molecule has 0 saturated carbocycles. The number of fused-ring (bicyclic) bond motifs is 1. The van der Waals surface area contributed by atoms with Crippen LogP contribution >= 0.6 is 35.3 Å². The molecule has 3 amide bonds. The average molecular weight is 544 g/mol. The number of esters is 1. The molecule has 1 fully saturated rings. The van der Waals surface area contributed by atoms with Crippen molar-refractivity contribution in [1.82, 2.24) is 4.90 Å². The molecule has 0 spiro atoms. The van der Waals surface area contributed by atoms with Crippen LogP contribution in [0.5, 0.6) is 0 Å². The lowest BCUT2D eigenvalue weighted by atomic mass is 9.95. The number of carbonyl (C=O) groups excluding carboxylic acids is 4. The molecular formula is C25H25N3O5S3. The van der Waals surface area contributed by atoms with Gasteiger partial charge in [-0.2, -0.15) is 0 Å². The highest BCUT2D eigenvalue weighted by molar-refractivity contribution is 8.26. The summed E-state index contributed by atoms with van der Waals surface area (Å²) in [5.74, 6) is -1.40. The summed E-state index contributed by atoms with van der Waals surface area (Å²) in [6, 6.07) is 6.72. The first-order chi connectivity index (χ1) is 17.3. The molecule has 1 aliphatic heterocycles. The second-order valence-electron chi connectivity index (χ2n) is 8.38. The summed E-state index contributed by atoms with van der Waals surface area (Å²) in [5, 5.41) is 3.37. The summed E-state index contributed by atoms with van der Waals surface area (Å²) in [7, 11) is 1.32. The molecule has 11 heteroatoms. The van der Waals surface area contributed by atoms with E-state index in [1.54, 1.807) is 30.3 Å². The van der Waals surface area contributed by atoms with Gasteiger partial charge in [-0.3, -0.25) is 19.3 Å². The molecule has 188 valence electrons. The van der Waals surface area contributed by atoms with Crippen LogP contribution in [0.4, 0.5) is 5.00 Å². The Kier molecular flexibility index (Phi) is 8.22. The van der Waals surface area contributed by atoms with E-state index < -0.39 is 11.9 Å². The zero-order valence-electron chi connectivity index (χ0n) is 19.6. The molecule has 2 heterocycles. The molecule has 36 heavy (non-hydrogen) atoms. The number of primary amides is 1. The van der Waals surface area contributed by atoms with Gasteiger partial charge in [0.15, 0.2) is 0 Å². The van der Waals surface area contributed by atoms with Gasteiger partial charge in [0.25, 0.3) is 11.8 Å². The van der Waals surface area contributed by atoms with Gasteiger partial charge in [0.2, 0.25) is 5.91 Å². The standard InChI is InChI=1S/C25H25N3O5S3/c1-33-24(32)15-10-8-14(9-11-15)13-18-23(31)28(25(34)36-18)12-4-7-19(29)27-22-20(21(26)30)16-5-2-3-6-17(16)35-22/h8-11,13H,2-7,12H2,1H3,(H2,26,30)(H,27,29)/b18-13-. The minimum absolute atomic E-state index is 0.172. The van der Waals surface area contributed by atoms with Crippen LogP contribution < -0.4 is 11.1 Å². The van der Waals surface area contributed by atoms with Crippen LogP contribution in [-0.4, -0.2) is 46.6 Å². The van der Waals surface area contributed by atoms with Crippen molar-refractivity contribution in [2.24, 2.45) is 5.73 Å². The summed E-state index contributed by atoms with van der Waals surface area (Å²) < 4.78 is 5.12. The second kappa shape index (κ2) is 11.4. The van der Waals surface area contributed by atoms with Crippen LogP contribution in [0.1, 0.15) is 62.4 Å². The lowest BCUT2D eigenvalue weighted by Gasteiger charge is -2.14. The quantitative estimate of drug-likeness (QED) is 0.292. The first kappa shape index (κ1) is 26.1. The summed E-state index contributed by atoms with van der Waals surface area (Å²) in [6.07, 6.45) is 6.08. The van der Waals surface area contributed by atoms with Gasteiger partial charge >= 0.3 is 5.97 Å². The van der Waals surface area contributed by atoms with Crippen molar-refractivity contribution in [3.05, 3.63) is 56.3 Å². The third-order valence-electron chi connectivity index (χ3n) is 5.96. The summed E-state index contributed by atoms with van der Waals surface area (Å²) in [6.45, 7) is 0.306. The van der Waals surface area contributed by atoms with Gasteiger partial charge in [-0.05, 0) is 61.4 Å². The maximum absolute atomic E-state index is 12.9. The third-order valence-corrected chi connectivity index (χ3v) is 8.54. The molecule has 1 aromatic carbocycles. The van der Waals surface area contributed by atoms with E-state index in [4.69, 9.17) is 22.7 Å². The number of carbonyl (C=O) groups is 4. The average Bonchev–Trinajstić information content (AvgIpc) is 3.35. The van der Waals surface area contributed by atoms with Crippen molar-refractivity contribution in [1.29, 1.82) is 0 Å². The van der Waals surface area contributed by atoms with Gasteiger partial charge in [0, 0.05) is 17.8 Å². The highest BCUT2D eigenvalue weighted by Crippen LogP contribution is 2.38. The molecule has 4 rings (SSSR count). The maximum Gasteiger partial charge on any atom is 0.337 e. The molecule has 2 aromatic rings. The SMILES string of the molecule is COC(=O)c1ccc(/C=C2\SC(=S)N(CCCC(=O)Nc3sc4c(c3C(N)=O)CCCC4)C2=O)cc1. The minimum atomic E-state index is -0.519. The highest BCUT2D eigenvalue weighted by atomic mass is 32.2. The maximum atomic E-state index is 12.9. The number of nitrogens with one attached hydrogen (secondary N) is 1. The Labute approximate surface area is 222 Å². The molecule has 1 saturated heterocycles. The Morgan fingerprint density at radius 2 is 1.92 bits per heavy atom. The third kappa shape index (κ3) is 5.69. The van der Waals surface area contributed by atoms with E-state index in [0.29, 0.717) is 38.3 Å². The van der Waals surface area contributed by atoms with Crippen LogP contribution in [0.25, 0.3) is 6.08 Å². The number of thiophene rings is 1. The number of thiocarbonyl (C=S) groups is 1. The summed E-state index contributed by atoms with van der Waals surface area (Å²) >= 11 is 8.01. The first-order valence-electron chi connectivity index (χ1n) is 11.5. The molecule has 1 aliphatic carbocycles. The van der Waals surface area contributed by atoms with Gasteiger partial charge in [-0.25, -0.2) is 4.79 Å². The van der Waals surface area contributed by atoms with E-state index in [9.17, 15) is 19.2 Å². The van der Waals surface area contributed by atoms with Gasteiger partial charge in [0.1, 0.15) is 9.32 Å². The number of aryl methyl sites for hydroxylation is 1. The van der Waals surface area contributed by atoms with Crippen LogP contribution in [0.2, 0.25) is 0 Å². The van der Waals surface area contributed by atoms with Crippen molar-refractivity contribution in [2.45, 2.75) is 38.5 Å². The fraction of sp³-hybridized carbons (Fsp3) is 0.320. The van der Waals surface area contributed by atoms with Crippen LogP contribution in [0, 0.1) is 0 Å². The molecule has 0 unspecified atom stereocenters. The molecule has 0 bridgehead atoms. The number of rotatable bonds is 8. The Balaban J connectivity index is 1.33. The number of ether oxygens (including phenoxy) is 1. The fourth-order valence-electron chi connectivity index (χ4n) is 4.18. The van der Waals surface area contributed by atoms with Crippen molar-refractivity contribution < 1.29 is 23.9 Å². The van der Waals surface area contributed by atoms with Crippen LogP contribution in [0.15, 0.2) is 29.2 Å². The monoisotopic (exact) mass is 543 g/mol. The number of benzene rings is 1. The zero-order chi connectivity index (χ0) is 25.8. The molecule has 3 N–H and O–H groups in total. The molecule has 1 aromatic heterocycles. The fourth-order valence-corrected chi connectivity index (χ4v) is 6.80. The second-order valence-corrected chi connectivity index (χ2v) is 11.2. The smallest absolute Gasteiger partial charge is 0.337 e. The Hall–Kier alpha value is -3.02. The molecule has 0 atom stereocenters. The van der Waals surface area contributed by atoms with E-state index >= 15 is 0 Å². The number of thioether (sulfide) groups is 1. The lowest BCUT2D eigenvalue weighted by Crippen LogP contribution is -2.29. The number of hydrogen-bond donors (Lipinski definition) is 2. The Bertz CT molecular complexity index is 1270. The van der Waals surface area contributed by atoms with Gasteiger partial charge in [-0.15, -0.1) is 11.3 Å². The van der Waals surface area contributed by atoms with E-state index in [2.05, 4.69) is 5.32 Å². The number of anilines is 1. The first-order valence-corrected chi connectivity index (χ1v) is 13.5. The van der Waals surface area contributed by atoms with E-state index in [1.165, 1.54) is 35.1 Å². The van der Waals surface area contributed by atoms with Gasteiger partial charge in [0.05, 0.1) is 23.1 Å². The van der Waals surface area contributed by atoms with E-state index in [1.807, 2.05) is 0 Å². The predicted molar refractivity (Wildman–Crippen MR) is 145 cm³/mol. The van der Waals surface area contributed by atoms with Crippen LogP contribution in [0.3, 0.4) is 0 Å². The number of nitrogens with zero attached hydrogens (tertiary/aromatic N) is 1. The van der Waals surface area contributed by atoms with Crippen molar-refractivity contribution in [2.75, 3.05) is 19.0 Å². The van der Waals surface area contributed by atoms with Gasteiger partial charge < -0.3 is 15.8 Å². The Morgan fingerprint density at radius 3 is 2.61 bits per heavy atom. The molecule has 8 nitrogen and oxygen atoms in total. The summed E-state index contributed by atoms with van der Waals surface area (Å²) in [4.78, 5) is 52.1. The highest BCUT2D eigenvalue weighted by Gasteiger charge is 2.32. The number of nitrogens with two attached hydrogens (primary N) is 1. The van der Waals surface area contributed by atoms with Gasteiger partial charge in [-0.1, -0.05) is 36.1 Å². The molecule has 0 radical (unpaired) electrons. The van der Waals surface area contributed by atoms with E-state index in [0.717, 1.165) is 41.7 Å². The number of methoxy groups -OCH3 is 1. The Morgan fingerprint density at radius 1 is 1.19 bits per heavy atom. The minimum Gasteiger partial charge on any atom is -0.465 e. The van der Waals surface area contributed by atoms with E-state index in [-0.39, 0.29) is 18.2 Å². The van der Waals surface area contributed by atoms with Crippen LogP contribution in [-0.2, 0) is 27.2 Å². The molecular weight excluding hydrogens is 518 g/mol. The zero-order valence-corrected chi connectivity index (χ0v) is 22.1. The molecule has 2 aliphatic rings. The largest absolute Gasteiger partial charge is 0.465 e.